The van der Waals surface area contributed by atoms with Gasteiger partial charge in [0.25, 0.3) is 0 Å². The third-order valence-corrected chi connectivity index (χ3v) is 4.23. The summed E-state index contributed by atoms with van der Waals surface area (Å²) in [6.45, 7) is 7.73. The van der Waals surface area contributed by atoms with Crippen molar-refractivity contribution in [3.63, 3.8) is 0 Å². The Kier molecular flexibility index (Phi) is 7.04. The van der Waals surface area contributed by atoms with Crippen molar-refractivity contribution >= 4 is 0 Å². The zero-order chi connectivity index (χ0) is 14.9. The number of unbranched alkanes of at least 4 members (excludes halogenated alkanes) is 1. The van der Waals surface area contributed by atoms with Crippen molar-refractivity contribution in [3.8, 4) is 5.75 Å². The molecule has 0 spiro atoms. The molecule has 0 aromatic heterocycles. The Morgan fingerprint density at radius 3 is 2.71 bits per heavy atom. The van der Waals surface area contributed by atoms with Gasteiger partial charge in [0.15, 0.2) is 0 Å². The maximum Gasteiger partial charge on any atom is 0.123 e. The molecule has 1 aliphatic heterocycles. The molecule has 1 aromatic carbocycles. The van der Waals surface area contributed by atoms with E-state index in [-0.39, 0.29) is 0 Å². The standard InChI is InChI=1S/C18H30N2O/c1-3-4-10-19-14-17-9-8-16(13-18(17)21-2)15-20-11-6-5-7-12-20/h8-9,13,19H,3-7,10-12,14-15H2,1-2H3. The minimum atomic E-state index is 0.896. The van der Waals surface area contributed by atoms with Gasteiger partial charge in [0.2, 0.25) is 0 Å². The summed E-state index contributed by atoms with van der Waals surface area (Å²) in [5.74, 6) is 1.02. The van der Waals surface area contributed by atoms with Crippen LogP contribution in [0.4, 0.5) is 0 Å². The van der Waals surface area contributed by atoms with Gasteiger partial charge in [-0.25, -0.2) is 0 Å². The molecular formula is C18H30N2O. The number of hydrogen-bond acceptors (Lipinski definition) is 3. The smallest absolute Gasteiger partial charge is 0.123 e. The Bertz CT molecular complexity index is 414. The highest BCUT2D eigenvalue weighted by atomic mass is 16.5. The van der Waals surface area contributed by atoms with Gasteiger partial charge in [-0.05, 0) is 50.5 Å². The summed E-state index contributed by atoms with van der Waals surface area (Å²) in [4.78, 5) is 2.55. The van der Waals surface area contributed by atoms with E-state index in [2.05, 4.69) is 35.3 Å². The van der Waals surface area contributed by atoms with Crippen LogP contribution in [0.3, 0.4) is 0 Å². The lowest BCUT2D eigenvalue weighted by Gasteiger charge is -2.26. The molecule has 0 aliphatic carbocycles. The van der Waals surface area contributed by atoms with E-state index in [4.69, 9.17) is 4.74 Å². The molecule has 0 unspecified atom stereocenters. The molecule has 118 valence electrons. The van der Waals surface area contributed by atoms with Crippen LogP contribution in [-0.2, 0) is 13.1 Å². The first-order valence-corrected chi connectivity index (χ1v) is 8.42. The second kappa shape index (κ2) is 9.06. The van der Waals surface area contributed by atoms with Gasteiger partial charge in [0, 0.05) is 18.7 Å². The molecule has 1 fully saturated rings. The lowest BCUT2D eigenvalue weighted by molar-refractivity contribution is 0.220. The molecule has 3 nitrogen and oxygen atoms in total. The number of ether oxygens (including phenoxy) is 1. The van der Waals surface area contributed by atoms with Crippen molar-refractivity contribution in [3.05, 3.63) is 29.3 Å². The van der Waals surface area contributed by atoms with Crippen molar-refractivity contribution in [1.29, 1.82) is 0 Å². The quantitative estimate of drug-likeness (QED) is 0.741. The van der Waals surface area contributed by atoms with E-state index in [9.17, 15) is 0 Å². The van der Waals surface area contributed by atoms with E-state index < -0.39 is 0 Å². The Morgan fingerprint density at radius 2 is 2.00 bits per heavy atom. The largest absolute Gasteiger partial charge is 0.496 e. The molecule has 0 atom stereocenters. The molecule has 0 amide bonds. The molecule has 0 radical (unpaired) electrons. The van der Waals surface area contributed by atoms with E-state index in [0.29, 0.717) is 0 Å². The summed E-state index contributed by atoms with van der Waals surface area (Å²) in [5, 5.41) is 3.49. The van der Waals surface area contributed by atoms with Crippen molar-refractivity contribution < 1.29 is 4.74 Å². The normalized spacial score (nSPS) is 16.1. The first kappa shape index (κ1) is 16.3. The van der Waals surface area contributed by atoms with Gasteiger partial charge < -0.3 is 10.1 Å². The van der Waals surface area contributed by atoms with Crippen LogP contribution in [0.15, 0.2) is 18.2 Å². The minimum absolute atomic E-state index is 0.896. The highest BCUT2D eigenvalue weighted by molar-refractivity contribution is 5.37. The molecule has 1 aliphatic rings. The fourth-order valence-electron chi connectivity index (χ4n) is 2.93. The second-order valence-electron chi connectivity index (χ2n) is 6.01. The van der Waals surface area contributed by atoms with Crippen LogP contribution in [0.5, 0.6) is 5.75 Å². The predicted octanol–water partition coefficient (Wildman–Crippen LogP) is 3.57. The average molecular weight is 290 g/mol. The number of hydrogen-bond donors (Lipinski definition) is 1. The van der Waals surface area contributed by atoms with Gasteiger partial charge in [-0.1, -0.05) is 31.9 Å². The Labute approximate surface area is 129 Å². The summed E-state index contributed by atoms with van der Waals surface area (Å²) in [6.07, 6.45) is 6.55. The molecule has 1 aromatic rings. The molecular weight excluding hydrogens is 260 g/mol. The van der Waals surface area contributed by atoms with Crippen molar-refractivity contribution in [2.45, 2.75) is 52.1 Å². The number of nitrogens with zero attached hydrogens (tertiary/aromatic N) is 1. The number of piperidine rings is 1. The molecule has 1 heterocycles. The summed E-state index contributed by atoms with van der Waals surface area (Å²) in [6, 6.07) is 6.69. The average Bonchev–Trinajstić information content (AvgIpc) is 2.53. The highest BCUT2D eigenvalue weighted by Crippen LogP contribution is 2.22. The summed E-state index contributed by atoms with van der Waals surface area (Å²) in [5.41, 5.74) is 2.63. The summed E-state index contributed by atoms with van der Waals surface area (Å²) in [7, 11) is 1.77. The van der Waals surface area contributed by atoms with Crippen molar-refractivity contribution in [1.82, 2.24) is 10.2 Å². The third-order valence-electron chi connectivity index (χ3n) is 4.23. The molecule has 0 saturated carbocycles. The van der Waals surface area contributed by atoms with E-state index in [1.54, 1.807) is 7.11 Å². The molecule has 1 N–H and O–H groups in total. The fourth-order valence-corrected chi connectivity index (χ4v) is 2.93. The van der Waals surface area contributed by atoms with Gasteiger partial charge >= 0.3 is 0 Å². The van der Waals surface area contributed by atoms with Crippen LogP contribution < -0.4 is 10.1 Å². The Hall–Kier alpha value is -1.06. The topological polar surface area (TPSA) is 24.5 Å². The number of rotatable bonds is 8. The van der Waals surface area contributed by atoms with Gasteiger partial charge in [0.1, 0.15) is 5.75 Å². The number of benzene rings is 1. The molecule has 21 heavy (non-hydrogen) atoms. The molecule has 2 rings (SSSR count). The van der Waals surface area contributed by atoms with Crippen LogP contribution >= 0.6 is 0 Å². The van der Waals surface area contributed by atoms with E-state index in [1.165, 1.54) is 56.3 Å². The maximum atomic E-state index is 5.57. The number of nitrogens with one attached hydrogen (secondary N) is 1. The molecule has 3 heteroatoms. The molecule has 1 saturated heterocycles. The van der Waals surface area contributed by atoms with Gasteiger partial charge in [0.05, 0.1) is 7.11 Å². The van der Waals surface area contributed by atoms with Gasteiger partial charge in [-0.15, -0.1) is 0 Å². The fraction of sp³-hybridized carbons (Fsp3) is 0.667. The number of methoxy groups -OCH3 is 1. The zero-order valence-electron chi connectivity index (χ0n) is 13.7. The first-order chi connectivity index (χ1) is 10.3. The van der Waals surface area contributed by atoms with Crippen LogP contribution in [0.2, 0.25) is 0 Å². The van der Waals surface area contributed by atoms with Crippen LogP contribution in [0.1, 0.15) is 50.2 Å². The monoisotopic (exact) mass is 290 g/mol. The lowest BCUT2D eigenvalue weighted by atomic mass is 10.1. The summed E-state index contributed by atoms with van der Waals surface area (Å²) >= 11 is 0. The SMILES string of the molecule is CCCCNCc1ccc(CN2CCCCC2)cc1OC. The lowest BCUT2D eigenvalue weighted by Crippen LogP contribution is -2.29. The minimum Gasteiger partial charge on any atom is -0.496 e. The maximum absolute atomic E-state index is 5.57. The molecule has 0 bridgehead atoms. The Morgan fingerprint density at radius 1 is 1.19 bits per heavy atom. The second-order valence-corrected chi connectivity index (χ2v) is 6.01. The van der Waals surface area contributed by atoms with Gasteiger partial charge in [-0.3, -0.25) is 4.90 Å². The van der Waals surface area contributed by atoms with Crippen molar-refractivity contribution in [2.24, 2.45) is 0 Å². The van der Waals surface area contributed by atoms with Gasteiger partial charge in [-0.2, -0.15) is 0 Å². The van der Waals surface area contributed by atoms with E-state index >= 15 is 0 Å². The number of likely N-dealkylation sites (tertiary alicyclic amines) is 1. The van der Waals surface area contributed by atoms with E-state index in [0.717, 1.165) is 25.4 Å². The van der Waals surface area contributed by atoms with Crippen molar-refractivity contribution in [2.75, 3.05) is 26.7 Å². The van der Waals surface area contributed by atoms with E-state index in [1.807, 2.05) is 0 Å². The van der Waals surface area contributed by atoms with Crippen LogP contribution in [0.25, 0.3) is 0 Å². The Balaban J connectivity index is 1.91. The highest BCUT2D eigenvalue weighted by Gasteiger charge is 2.11. The van der Waals surface area contributed by atoms with Crippen LogP contribution in [-0.4, -0.2) is 31.6 Å². The zero-order valence-corrected chi connectivity index (χ0v) is 13.7. The summed E-state index contributed by atoms with van der Waals surface area (Å²) < 4.78 is 5.57. The predicted molar refractivity (Wildman–Crippen MR) is 88.7 cm³/mol. The third kappa shape index (κ3) is 5.33. The first-order valence-electron chi connectivity index (χ1n) is 8.42. The van der Waals surface area contributed by atoms with Crippen LogP contribution in [0, 0.1) is 0 Å².